The van der Waals surface area contributed by atoms with Gasteiger partial charge in [0, 0.05) is 18.2 Å². The molecule has 4 rings (SSSR count). The number of unbranched alkanes of at least 4 members (excludes halogenated alkanes) is 3. The van der Waals surface area contributed by atoms with Crippen LogP contribution < -0.4 is 16.6 Å². The molecule has 0 unspecified atom stereocenters. The normalized spacial score (nSPS) is 15.2. The minimum absolute atomic E-state index is 0.0334. The van der Waals surface area contributed by atoms with E-state index in [1.165, 1.54) is 4.57 Å². The quantitative estimate of drug-likeness (QED) is 0.323. The van der Waals surface area contributed by atoms with Crippen molar-refractivity contribution in [3.8, 4) is 0 Å². The maximum absolute atomic E-state index is 13.1. The zero-order valence-corrected chi connectivity index (χ0v) is 18.7. The Bertz CT molecular complexity index is 1220. The number of carbonyl (C=O) groups excluding carboxylic acids is 1. The highest BCUT2D eigenvalue weighted by atomic mass is 16.2. The summed E-state index contributed by atoms with van der Waals surface area (Å²) < 4.78 is 1.33. The first-order chi connectivity index (χ1) is 15.6. The first kappa shape index (κ1) is 22.2. The van der Waals surface area contributed by atoms with Gasteiger partial charge in [-0.1, -0.05) is 51.9 Å². The zero-order valence-electron chi connectivity index (χ0n) is 18.7. The predicted molar refractivity (Wildman–Crippen MR) is 126 cm³/mol. The second-order valence-corrected chi connectivity index (χ2v) is 8.73. The van der Waals surface area contributed by atoms with Gasteiger partial charge in [0.05, 0.1) is 11.0 Å². The van der Waals surface area contributed by atoms with Crippen LogP contribution in [0.3, 0.4) is 0 Å². The molecule has 0 saturated heterocycles. The Morgan fingerprint density at radius 2 is 1.84 bits per heavy atom. The summed E-state index contributed by atoms with van der Waals surface area (Å²) in [5.74, 6) is -0.0334. The number of anilines is 1. The van der Waals surface area contributed by atoms with Crippen LogP contribution in [-0.2, 0) is 4.79 Å². The highest BCUT2D eigenvalue weighted by Gasteiger charge is 2.20. The fourth-order valence-electron chi connectivity index (χ4n) is 4.52. The van der Waals surface area contributed by atoms with Crippen LogP contribution in [0.5, 0.6) is 0 Å². The summed E-state index contributed by atoms with van der Waals surface area (Å²) in [6.07, 6.45) is 10.6. The fourth-order valence-corrected chi connectivity index (χ4v) is 4.52. The van der Waals surface area contributed by atoms with Crippen molar-refractivity contribution < 1.29 is 4.79 Å². The number of hydrogen-bond donors (Lipinski definition) is 2. The van der Waals surface area contributed by atoms with Crippen LogP contribution in [0.1, 0.15) is 83.6 Å². The van der Waals surface area contributed by atoms with Gasteiger partial charge in [0.25, 0.3) is 5.56 Å². The van der Waals surface area contributed by atoms with E-state index < -0.39 is 5.69 Å². The number of fused-ring (bicyclic) bond motifs is 2. The lowest BCUT2D eigenvalue weighted by atomic mass is 10.1. The molecule has 1 amide bonds. The second-order valence-electron chi connectivity index (χ2n) is 8.73. The largest absolute Gasteiger partial charge is 0.330 e. The summed E-state index contributed by atoms with van der Waals surface area (Å²) in [6, 6.07) is 5.14. The van der Waals surface area contributed by atoms with Crippen molar-refractivity contribution in [2.75, 3.05) is 5.32 Å². The Morgan fingerprint density at radius 3 is 2.59 bits per heavy atom. The fraction of sp³-hybridized carbons (Fsp3) is 0.542. The Balaban J connectivity index is 1.62. The van der Waals surface area contributed by atoms with Gasteiger partial charge in [-0.05, 0) is 37.5 Å². The first-order valence-electron chi connectivity index (χ1n) is 11.8. The van der Waals surface area contributed by atoms with E-state index in [4.69, 9.17) is 0 Å². The van der Waals surface area contributed by atoms with E-state index in [2.05, 4.69) is 27.2 Å². The van der Waals surface area contributed by atoms with Gasteiger partial charge in [0.15, 0.2) is 11.2 Å². The van der Waals surface area contributed by atoms with Crippen LogP contribution in [0.15, 0.2) is 27.8 Å². The third kappa shape index (κ3) is 4.89. The summed E-state index contributed by atoms with van der Waals surface area (Å²) in [7, 11) is 0. The summed E-state index contributed by atoms with van der Waals surface area (Å²) in [5, 5.41) is 2.90. The van der Waals surface area contributed by atoms with E-state index in [9.17, 15) is 14.4 Å². The van der Waals surface area contributed by atoms with E-state index >= 15 is 0 Å². The van der Waals surface area contributed by atoms with Crippen LogP contribution >= 0.6 is 0 Å². The van der Waals surface area contributed by atoms with E-state index in [-0.39, 0.29) is 28.7 Å². The molecule has 8 heteroatoms. The number of amides is 1. The van der Waals surface area contributed by atoms with E-state index in [0.29, 0.717) is 23.1 Å². The van der Waals surface area contributed by atoms with Gasteiger partial charge in [0.1, 0.15) is 0 Å². The van der Waals surface area contributed by atoms with Crippen molar-refractivity contribution in [2.45, 2.75) is 83.6 Å². The Hall–Kier alpha value is -3.03. The molecular weight excluding hydrogens is 406 g/mol. The van der Waals surface area contributed by atoms with Gasteiger partial charge in [-0.15, -0.1) is 0 Å². The Labute approximate surface area is 186 Å². The second kappa shape index (κ2) is 10.1. The number of rotatable bonds is 7. The first-order valence-corrected chi connectivity index (χ1v) is 11.8. The number of aromatic amines is 1. The molecule has 1 aliphatic carbocycles. The van der Waals surface area contributed by atoms with Gasteiger partial charge < -0.3 is 5.32 Å². The zero-order chi connectivity index (χ0) is 22.5. The molecular formula is C24H31N5O3. The van der Waals surface area contributed by atoms with Crippen molar-refractivity contribution in [2.24, 2.45) is 0 Å². The van der Waals surface area contributed by atoms with Crippen LogP contribution in [0.25, 0.3) is 22.2 Å². The molecule has 3 aromatic rings. The third-order valence-corrected chi connectivity index (χ3v) is 6.26. The lowest BCUT2D eigenvalue weighted by molar-refractivity contribution is -0.116. The molecule has 170 valence electrons. The molecule has 0 atom stereocenters. The molecule has 0 aliphatic heterocycles. The van der Waals surface area contributed by atoms with Gasteiger partial charge in [-0.2, -0.15) is 0 Å². The minimum atomic E-state index is -0.431. The monoisotopic (exact) mass is 437 g/mol. The molecule has 1 saturated carbocycles. The lowest BCUT2D eigenvalue weighted by Crippen LogP contribution is -2.38. The van der Waals surface area contributed by atoms with Gasteiger partial charge in [0.2, 0.25) is 5.91 Å². The molecule has 1 aromatic carbocycles. The average molecular weight is 438 g/mol. The van der Waals surface area contributed by atoms with Crippen molar-refractivity contribution in [1.29, 1.82) is 0 Å². The number of benzene rings is 1. The topological polar surface area (TPSA) is 110 Å². The number of carbonyl (C=O) groups is 1. The molecule has 0 radical (unpaired) electrons. The van der Waals surface area contributed by atoms with Crippen molar-refractivity contribution in [3.05, 3.63) is 39.0 Å². The van der Waals surface area contributed by atoms with Crippen molar-refractivity contribution >= 4 is 33.8 Å². The Kier molecular flexibility index (Phi) is 6.97. The van der Waals surface area contributed by atoms with Crippen LogP contribution in [0, 0.1) is 0 Å². The van der Waals surface area contributed by atoms with Crippen LogP contribution in [0.4, 0.5) is 5.69 Å². The number of hydrogen-bond acceptors (Lipinski definition) is 5. The predicted octanol–water partition coefficient (Wildman–Crippen LogP) is 4.44. The number of aromatic nitrogens is 4. The van der Waals surface area contributed by atoms with Gasteiger partial charge in [-0.25, -0.2) is 14.8 Å². The molecule has 1 aliphatic rings. The van der Waals surface area contributed by atoms with Gasteiger partial charge in [-0.3, -0.25) is 19.1 Å². The maximum atomic E-state index is 13.1. The maximum Gasteiger partial charge on any atom is 0.330 e. The highest BCUT2D eigenvalue weighted by molar-refractivity contribution is 5.93. The van der Waals surface area contributed by atoms with E-state index in [1.807, 2.05) is 0 Å². The van der Waals surface area contributed by atoms with Crippen molar-refractivity contribution in [1.82, 2.24) is 19.5 Å². The molecule has 1 fully saturated rings. The molecule has 8 nitrogen and oxygen atoms in total. The standard InChI is InChI=1S/C24H31N5O3/c1-2-3-4-9-12-20(30)25-16-13-14-18-19(15-16)27-22-21(26-18)23(31)29(24(32)28-22)17-10-7-5-6-8-11-17/h13-15,17H,2-12H2,1H3,(H,25,30)(H,27,28,32). The Morgan fingerprint density at radius 1 is 1.06 bits per heavy atom. The molecule has 0 bridgehead atoms. The number of H-pyrrole nitrogens is 1. The summed E-state index contributed by atoms with van der Waals surface area (Å²) in [4.78, 5) is 49.8. The molecule has 32 heavy (non-hydrogen) atoms. The minimum Gasteiger partial charge on any atom is -0.326 e. The van der Waals surface area contributed by atoms with E-state index in [0.717, 1.165) is 64.2 Å². The molecule has 2 aromatic heterocycles. The number of nitrogens with one attached hydrogen (secondary N) is 2. The molecule has 2 heterocycles. The number of nitrogens with zero attached hydrogens (tertiary/aromatic N) is 3. The summed E-state index contributed by atoms with van der Waals surface area (Å²) in [6.45, 7) is 2.14. The van der Waals surface area contributed by atoms with Crippen LogP contribution in [0.2, 0.25) is 0 Å². The van der Waals surface area contributed by atoms with Crippen LogP contribution in [-0.4, -0.2) is 25.4 Å². The highest BCUT2D eigenvalue weighted by Crippen LogP contribution is 2.25. The van der Waals surface area contributed by atoms with Gasteiger partial charge >= 0.3 is 5.69 Å². The lowest BCUT2D eigenvalue weighted by Gasteiger charge is -2.16. The molecule has 2 N–H and O–H groups in total. The molecule has 0 spiro atoms. The summed E-state index contributed by atoms with van der Waals surface area (Å²) >= 11 is 0. The van der Waals surface area contributed by atoms with Crippen molar-refractivity contribution in [3.63, 3.8) is 0 Å². The smallest absolute Gasteiger partial charge is 0.326 e. The third-order valence-electron chi connectivity index (χ3n) is 6.26. The summed E-state index contributed by atoms with van der Waals surface area (Å²) in [5.41, 5.74) is 1.24. The van der Waals surface area contributed by atoms with E-state index in [1.54, 1.807) is 18.2 Å². The average Bonchev–Trinajstić information content (AvgIpc) is 3.05. The SMILES string of the molecule is CCCCCCC(=O)Nc1ccc2nc3c(=O)n(C4CCCCCC4)c(=O)[nH]c3nc2c1.